The summed E-state index contributed by atoms with van der Waals surface area (Å²) < 4.78 is 4.94. The SMILES string of the molecule is Cc1cocc2nnnc1-2. The van der Waals surface area contributed by atoms with Crippen LogP contribution in [0.1, 0.15) is 5.56 Å². The smallest absolute Gasteiger partial charge is 0.150 e. The summed E-state index contributed by atoms with van der Waals surface area (Å²) in [6.07, 6.45) is 3.15. The number of hydrogen-bond acceptors (Lipinski definition) is 4. The standard InChI is InChI=1S/C6H5N3O/c1-4-2-10-3-5-6(4)8-9-7-5/h2-3H,1H3. The zero-order valence-electron chi connectivity index (χ0n) is 5.40. The lowest BCUT2D eigenvalue weighted by Gasteiger charge is -1.93. The van der Waals surface area contributed by atoms with Gasteiger partial charge in [-0.3, -0.25) is 0 Å². The van der Waals surface area contributed by atoms with Gasteiger partial charge in [0.15, 0.2) is 5.69 Å². The highest BCUT2D eigenvalue weighted by molar-refractivity contribution is 5.55. The van der Waals surface area contributed by atoms with Crippen molar-refractivity contribution in [1.29, 1.82) is 0 Å². The summed E-state index contributed by atoms with van der Waals surface area (Å²) in [5.74, 6) is 0. The number of nitrogens with zero attached hydrogens (tertiary/aromatic N) is 3. The molecule has 0 aromatic heterocycles. The van der Waals surface area contributed by atoms with Crippen molar-refractivity contribution < 1.29 is 4.42 Å². The molecule has 0 N–H and O–H groups in total. The molecule has 4 heteroatoms. The van der Waals surface area contributed by atoms with E-state index in [1.54, 1.807) is 6.26 Å². The molecular weight excluding hydrogens is 130 g/mol. The Morgan fingerprint density at radius 3 is 3.00 bits per heavy atom. The zero-order chi connectivity index (χ0) is 6.97. The molecule has 50 valence electrons. The lowest BCUT2D eigenvalue weighted by atomic mass is 10.2. The van der Waals surface area contributed by atoms with Crippen LogP contribution in [0.5, 0.6) is 0 Å². The third-order valence-electron chi connectivity index (χ3n) is 1.34. The van der Waals surface area contributed by atoms with E-state index in [-0.39, 0.29) is 0 Å². The molecule has 0 aromatic rings. The second-order valence-corrected chi connectivity index (χ2v) is 2.08. The minimum absolute atomic E-state index is 0.708. The van der Waals surface area contributed by atoms with Gasteiger partial charge in [-0.25, -0.2) is 0 Å². The van der Waals surface area contributed by atoms with Gasteiger partial charge in [0.1, 0.15) is 12.0 Å². The van der Waals surface area contributed by atoms with Crippen LogP contribution in [0.2, 0.25) is 0 Å². The average Bonchev–Trinajstić information content (AvgIpc) is 2.36. The van der Waals surface area contributed by atoms with Crippen LogP contribution in [0.15, 0.2) is 16.9 Å². The van der Waals surface area contributed by atoms with E-state index < -0.39 is 0 Å². The summed E-state index contributed by atoms with van der Waals surface area (Å²) in [7, 11) is 0. The number of fused-ring (bicyclic) bond motifs is 1. The Kier molecular flexibility index (Phi) is 0.943. The number of aromatic nitrogens is 3. The first-order valence-electron chi connectivity index (χ1n) is 2.90. The average molecular weight is 135 g/mol. The quantitative estimate of drug-likeness (QED) is 0.538. The molecule has 2 heterocycles. The van der Waals surface area contributed by atoms with E-state index in [0.717, 1.165) is 11.3 Å². The van der Waals surface area contributed by atoms with Crippen molar-refractivity contribution in [2.75, 3.05) is 0 Å². The van der Waals surface area contributed by atoms with Gasteiger partial charge in [0.25, 0.3) is 0 Å². The largest absolute Gasteiger partial charge is 0.470 e. The molecule has 0 unspecified atom stereocenters. The third-order valence-corrected chi connectivity index (χ3v) is 1.34. The van der Waals surface area contributed by atoms with Gasteiger partial charge in [0.2, 0.25) is 0 Å². The predicted octanol–water partition coefficient (Wildman–Crippen LogP) is 0.878. The molecule has 0 saturated heterocycles. The van der Waals surface area contributed by atoms with Gasteiger partial charge in [-0.1, -0.05) is 0 Å². The maximum atomic E-state index is 4.94. The van der Waals surface area contributed by atoms with Crippen LogP contribution >= 0.6 is 0 Å². The highest BCUT2D eigenvalue weighted by Gasteiger charge is 2.09. The number of hydrogen-bond donors (Lipinski definition) is 0. The molecule has 0 atom stereocenters. The zero-order valence-corrected chi connectivity index (χ0v) is 5.40. The molecule has 2 aliphatic heterocycles. The predicted molar refractivity (Wildman–Crippen MR) is 33.5 cm³/mol. The second-order valence-electron chi connectivity index (χ2n) is 2.08. The Labute approximate surface area is 57.2 Å². The van der Waals surface area contributed by atoms with E-state index >= 15 is 0 Å². The molecule has 4 nitrogen and oxygen atoms in total. The first-order chi connectivity index (χ1) is 4.88. The summed E-state index contributed by atoms with van der Waals surface area (Å²) >= 11 is 0. The highest BCUT2D eigenvalue weighted by Crippen LogP contribution is 2.18. The van der Waals surface area contributed by atoms with Crippen LogP contribution < -0.4 is 0 Å². The summed E-state index contributed by atoms with van der Waals surface area (Å²) in [5, 5.41) is 11.0. The van der Waals surface area contributed by atoms with Crippen LogP contribution in [0.3, 0.4) is 0 Å². The Morgan fingerprint density at radius 1 is 1.30 bits per heavy atom. The molecule has 0 aliphatic carbocycles. The van der Waals surface area contributed by atoms with Gasteiger partial charge >= 0.3 is 0 Å². The van der Waals surface area contributed by atoms with E-state index in [4.69, 9.17) is 4.42 Å². The Bertz CT molecular complexity index is 317. The fraction of sp³-hybridized carbons (Fsp3) is 0.167. The Balaban J connectivity index is 2.80. The molecule has 0 bridgehead atoms. The lowest BCUT2D eigenvalue weighted by molar-refractivity contribution is 0.545. The van der Waals surface area contributed by atoms with Gasteiger partial charge in [0.05, 0.1) is 6.26 Å². The van der Waals surface area contributed by atoms with Crippen LogP contribution in [-0.4, -0.2) is 15.4 Å². The topological polar surface area (TPSA) is 51.8 Å². The molecule has 2 aliphatic rings. The van der Waals surface area contributed by atoms with E-state index in [1.807, 2.05) is 6.92 Å². The van der Waals surface area contributed by atoms with E-state index in [2.05, 4.69) is 15.4 Å². The van der Waals surface area contributed by atoms with Crippen molar-refractivity contribution in [3.8, 4) is 11.4 Å². The summed E-state index contributed by atoms with van der Waals surface area (Å²) in [6, 6.07) is 0. The van der Waals surface area contributed by atoms with Crippen molar-refractivity contribution in [3.63, 3.8) is 0 Å². The maximum absolute atomic E-state index is 4.94. The summed E-state index contributed by atoms with van der Waals surface area (Å²) in [5.41, 5.74) is 2.48. The minimum Gasteiger partial charge on any atom is -0.470 e. The first kappa shape index (κ1) is 5.34. The summed E-state index contributed by atoms with van der Waals surface area (Å²) in [4.78, 5) is 0. The molecule has 0 fully saturated rings. The van der Waals surface area contributed by atoms with E-state index in [1.165, 1.54) is 6.26 Å². The fourth-order valence-corrected chi connectivity index (χ4v) is 0.830. The van der Waals surface area contributed by atoms with Crippen LogP contribution in [-0.2, 0) is 0 Å². The van der Waals surface area contributed by atoms with Crippen LogP contribution in [0.25, 0.3) is 11.4 Å². The van der Waals surface area contributed by atoms with Crippen molar-refractivity contribution in [1.82, 2.24) is 15.4 Å². The second kappa shape index (κ2) is 1.76. The van der Waals surface area contributed by atoms with Gasteiger partial charge in [-0.15, -0.1) is 10.2 Å². The fourth-order valence-electron chi connectivity index (χ4n) is 0.830. The normalized spacial score (nSPS) is 10.5. The van der Waals surface area contributed by atoms with Crippen molar-refractivity contribution in [2.24, 2.45) is 0 Å². The monoisotopic (exact) mass is 135 g/mol. The Morgan fingerprint density at radius 2 is 2.20 bits per heavy atom. The van der Waals surface area contributed by atoms with Gasteiger partial charge in [-0.05, 0) is 12.1 Å². The molecule has 0 aromatic carbocycles. The molecule has 10 heavy (non-hydrogen) atoms. The lowest BCUT2D eigenvalue weighted by Crippen LogP contribution is -1.81. The molecule has 0 amide bonds. The first-order valence-corrected chi connectivity index (χ1v) is 2.90. The maximum Gasteiger partial charge on any atom is 0.150 e. The van der Waals surface area contributed by atoms with Gasteiger partial charge in [-0.2, -0.15) is 0 Å². The van der Waals surface area contributed by atoms with Gasteiger partial charge < -0.3 is 4.42 Å². The third kappa shape index (κ3) is 0.586. The summed E-state index contributed by atoms with van der Waals surface area (Å²) in [6.45, 7) is 1.90. The highest BCUT2D eigenvalue weighted by atomic mass is 16.3. The number of rotatable bonds is 0. The van der Waals surface area contributed by atoms with Gasteiger partial charge in [0, 0.05) is 5.56 Å². The van der Waals surface area contributed by atoms with Crippen molar-refractivity contribution >= 4 is 0 Å². The van der Waals surface area contributed by atoms with Crippen LogP contribution in [0, 0.1) is 6.92 Å². The molecule has 0 radical (unpaired) electrons. The Hall–Kier alpha value is -1.45. The van der Waals surface area contributed by atoms with E-state index in [0.29, 0.717) is 5.69 Å². The van der Waals surface area contributed by atoms with Crippen LogP contribution in [0.4, 0.5) is 0 Å². The molecular formula is C6H5N3O. The van der Waals surface area contributed by atoms with E-state index in [9.17, 15) is 0 Å². The molecule has 0 saturated carbocycles. The molecule has 0 spiro atoms. The van der Waals surface area contributed by atoms with Crippen molar-refractivity contribution in [2.45, 2.75) is 6.92 Å². The minimum atomic E-state index is 0.708. The molecule has 2 rings (SSSR count). The van der Waals surface area contributed by atoms with Crippen molar-refractivity contribution in [3.05, 3.63) is 18.1 Å². The number of aryl methyl sites for hydroxylation is 1.